The van der Waals surface area contributed by atoms with Gasteiger partial charge in [-0.3, -0.25) is 10.3 Å². The number of guanidine groups is 1. The second-order valence-corrected chi connectivity index (χ2v) is 4.07. The molecule has 0 radical (unpaired) electrons. The normalized spacial score (nSPS) is 12.0. The Balaban J connectivity index is 2.71. The molecule has 0 atom stereocenters. The highest BCUT2D eigenvalue weighted by atomic mass is 15.2. The van der Waals surface area contributed by atoms with Crippen molar-refractivity contribution in [3.63, 3.8) is 0 Å². The Morgan fingerprint density at radius 1 is 1.19 bits per heavy atom. The maximum Gasteiger partial charge on any atom is 0.229 e. The first-order valence-electron chi connectivity index (χ1n) is 5.46. The molecule has 0 bridgehead atoms. The van der Waals surface area contributed by atoms with Crippen molar-refractivity contribution in [2.75, 3.05) is 5.32 Å². The van der Waals surface area contributed by atoms with Crippen molar-refractivity contribution in [1.82, 2.24) is 15.3 Å². The predicted octanol–water partition coefficient (Wildman–Crippen LogP) is 1.65. The average Bonchev–Trinajstić information content (AvgIpc) is 2.16. The van der Waals surface area contributed by atoms with Gasteiger partial charge in [-0.25, -0.2) is 9.97 Å². The summed E-state index contributed by atoms with van der Waals surface area (Å²) in [6, 6.07) is 2.31. The summed E-state index contributed by atoms with van der Waals surface area (Å²) in [5, 5.41) is 6.28. The molecular formula is C11H19N5. The molecule has 0 aliphatic heterocycles. The van der Waals surface area contributed by atoms with Crippen LogP contribution in [-0.2, 0) is 0 Å². The highest BCUT2D eigenvalue weighted by molar-refractivity contribution is 5.92. The van der Waals surface area contributed by atoms with E-state index in [2.05, 4.69) is 39.4 Å². The van der Waals surface area contributed by atoms with Crippen molar-refractivity contribution in [3.8, 4) is 0 Å². The van der Waals surface area contributed by atoms with Crippen molar-refractivity contribution in [2.45, 2.75) is 39.8 Å². The monoisotopic (exact) mass is 221 g/mol. The van der Waals surface area contributed by atoms with Crippen LogP contribution in [0.1, 0.15) is 27.7 Å². The fourth-order valence-electron chi connectivity index (χ4n) is 1.11. The number of rotatable bonds is 3. The molecule has 88 valence electrons. The van der Waals surface area contributed by atoms with Crippen LogP contribution in [0.5, 0.6) is 0 Å². The first kappa shape index (κ1) is 12.4. The van der Waals surface area contributed by atoms with Crippen LogP contribution in [0.4, 0.5) is 5.95 Å². The van der Waals surface area contributed by atoms with Crippen LogP contribution in [0.15, 0.2) is 23.5 Å². The third-order valence-corrected chi connectivity index (χ3v) is 1.61. The van der Waals surface area contributed by atoms with E-state index in [0.717, 1.165) is 0 Å². The van der Waals surface area contributed by atoms with E-state index < -0.39 is 0 Å². The van der Waals surface area contributed by atoms with Crippen LogP contribution in [0, 0.1) is 0 Å². The number of hydrogen-bond donors (Lipinski definition) is 2. The molecule has 5 heteroatoms. The molecule has 0 unspecified atom stereocenters. The number of nitrogens with zero attached hydrogens (tertiary/aromatic N) is 3. The lowest BCUT2D eigenvalue weighted by Crippen LogP contribution is -2.37. The zero-order valence-corrected chi connectivity index (χ0v) is 10.2. The number of hydrogen-bond acceptors (Lipinski definition) is 3. The summed E-state index contributed by atoms with van der Waals surface area (Å²) < 4.78 is 0. The van der Waals surface area contributed by atoms with E-state index in [-0.39, 0.29) is 6.04 Å². The molecule has 1 heterocycles. The molecule has 1 rings (SSSR count). The maximum atomic E-state index is 4.43. The molecule has 0 aliphatic rings. The van der Waals surface area contributed by atoms with Gasteiger partial charge in [-0.1, -0.05) is 0 Å². The molecule has 0 amide bonds. The zero-order valence-electron chi connectivity index (χ0n) is 10.2. The SMILES string of the molecule is CC(C)N=C(Nc1ncccn1)NC(C)C. The first-order valence-corrected chi connectivity index (χ1v) is 5.46. The van der Waals surface area contributed by atoms with Gasteiger partial charge >= 0.3 is 0 Å². The van der Waals surface area contributed by atoms with Gasteiger partial charge in [0.05, 0.1) is 0 Å². The van der Waals surface area contributed by atoms with E-state index in [1.165, 1.54) is 0 Å². The Morgan fingerprint density at radius 2 is 1.81 bits per heavy atom. The molecular weight excluding hydrogens is 202 g/mol. The van der Waals surface area contributed by atoms with Crippen molar-refractivity contribution in [3.05, 3.63) is 18.5 Å². The summed E-state index contributed by atoms with van der Waals surface area (Å²) >= 11 is 0. The van der Waals surface area contributed by atoms with Crippen molar-refractivity contribution in [1.29, 1.82) is 0 Å². The molecule has 0 aliphatic carbocycles. The molecule has 5 nitrogen and oxygen atoms in total. The van der Waals surface area contributed by atoms with Gasteiger partial charge in [0.25, 0.3) is 0 Å². The fourth-order valence-corrected chi connectivity index (χ4v) is 1.11. The largest absolute Gasteiger partial charge is 0.354 e. The van der Waals surface area contributed by atoms with Crippen LogP contribution in [0.25, 0.3) is 0 Å². The molecule has 16 heavy (non-hydrogen) atoms. The Morgan fingerprint density at radius 3 is 2.31 bits per heavy atom. The van der Waals surface area contributed by atoms with Gasteiger partial charge in [-0.15, -0.1) is 0 Å². The molecule has 0 spiro atoms. The second-order valence-electron chi connectivity index (χ2n) is 4.07. The van der Waals surface area contributed by atoms with Gasteiger partial charge in [0.2, 0.25) is 5.95 Å². The summed E-state index contributed by atoms with van der Waals surface area (Å²) in [6.45, 7) is 8.16. The Labute approximate surface area is 96.4 Å². The summed E-state index contributed by atoms with van der Waals surface area (Å²) in [7, 11) is 0. The molecule has 1 aromatic heterocycles. The molecule has 0 aromatic carbocycles. The number of aliphatic imine (C=N–C) groups is 1. The standard InChI is InChI=1S/C11H19N5/c1-8(2)14-11(15-9(3)4)16-10-12-6-5-7-13-10/h5-9H,1-4H3,(H2,12,13,14,15,16). The zero-order chi connectivity index (χ0) is 12.0. The lowest BCUT2D eigenvalue weighted by Gasteiger charge is -2.14. The molecule has 0 saturated heterocycles. The van der Waals surface area contributed by atoms with Gasteiger partial charge in [-0.05, 0) is 33.8 Å². The van der Waals surface area contributed by atoms with Crippen molar-refractivity contribution in [2.24, 2.45) is 4.99 Å². The maximum absolute atomic E-state index is 4.43. The van der Waals surface area contributed by atoms with Crippen molar-refractivity contribution < 1.29 is 0 Å². The predicted molar refractivity (Wildman–Crippen MR) is 66.5 cm³/mol. The van der Waals surface area contributed by atoms with Gasteiger partial charge in [0.15, 0.2) is 5.96 Å². The Kier molecular flexibility index (Phi) is 4.69. The second kappa shape index (κ2) is 6.05. The summed E-state index contributed by atoms with van der Waals surface area (Å²) in [6.07, 6.45) is 3.38. The summed E-state index contributed by atoms with van der Waals surface area (Å²) in [5.74, 6) is 1.26. The Hall–Kier alpha value is -1.65. The average molecular weight is 221 g/mol. The van der Waals surface area contributed by atoms with Gasteiger partial charge in [0.1, 0.15) is 0 Å². The fraction of sp³-hybridized carbons (Fsp3) is 0.545. The molecule has 0 saturated carbocycles. The number of aromatic nitrogens is 2. The topological polar surface area (TPSA) is 62.2 Å². The van der Waals surface area contributed by atoms with E-state index in [0.29, 0.717) is 17.9 Å². The third kappa shape index (κ3) is 4.72. The first-order chi connectivity index (χ1) is 7.58. The van der Waals surface area contributed by atoms with Crippen LogP contribution in [0.3, 0.4) is 0 Å². The summed E-state index contributed by atoms with van der Waals surface area (Å²) in [5.41, 5.74) is 0. The van der Waals surface area contributed by atoms with Gasteiger partial charge in [0, 0.05) is 24.5 Å². The van der Waals surface area contributed by atoms with Gasteiger partial charge in [-0.2, -0.15) is 0 Å². The highest BCUT2D eigenvalue weighted by Crippen LogP contribution is 1.96. The van der Waals surface area contributed by atoms with Gasteiger partial charge < -0.3 is 5.32 Å². The van der Waals surface area contributed by atoms with Crippen LogP contribution in [-0.4, -0.2) is 28.0 Å². The Bertz CT molecular complexity index is 331. The highest BCUT2D eigenvalue weighted by Gasteiger charge is 2.04. The molecule has 1 aromatic rings. The third-order valence-electron chi connectivity index (χ3n) is 1.61. The van der Waals surface area contributed by atoms with E-state index >= 15 is 0 Å². The minimum absolute atomic E-state index is 0.220. The van der Waals surface area contributed by atoms with E-state index in [1.807, 2.05) is 13.8 Å². The van der Waals surface area contributed by atoms with Crippen LogP contribution >= 0.6 is 0 Å². The molecule has 0 fully saturated rings. The lowest BCUT2D eigenvalue weighted by atomic mass is 10.4. The number of anilines is 1. The minimum Gasteiger partial charge on any atom is -0.354 e. The smallest absolute Gasteiger partial charge is 0.229 e. The quantitative estimate of drug-likeness (QED) is 0.602. The summed E-state index contributed by atoms with van der Waals surface area (Å²) in [4.78, 5) is 12.6. The number of nitrogens with one attached hydrogen (secondary N) is 2. The van der Waals surface area contributed by atoms with E-state index in [1.54, 1.807) is 18.5 Å². The van der Waals surface area contributed by atoms with E-state index in [4.69, 9.17) is 0 Å². The van der Waals surface area contributed by atoms with E-state index in [9.17, 15) is 0 Å². The molecule has 2 N–H and O–H groups in total. The minimum atomic E-state index is 0.220. The van der Waals surface area contributed by atoms with Crippen LogP contribution in [0.2, 0.25) is 0 Å². The van der Waals surface area contributed by atoms with Crippen molar-refractivity contribution >= 4 is 11.9 Å². The lowest BCUT2D eigenvalue weighted by molar-refractivity contribution is 0.717. The van der Waals surface area contributed by atoms with Crippen LogP contribution < -0.4 is 10.6 Å².